The number of H-pyrrole nitrogens is 1. The highest BCUT2D eigenvalue weighted by molar-refractivity contribution is 9.10. The minimum atomic E-state index is -1.09. The molecule has 1 heterocycles. The fourth-order valence-corrected chi connectivity index (χ4v) is 1.77. The lowest BCUT2D eigenvalue weighted by atomic mass is 10.2. The van der Waals surface area contributed by atoms with Gasteiger partial charge < -0.3 is 19.6 Å². The largest absolute Gasteiger partial charge is 0.487 e. The van der Waals surface area contributed by atoms with Gasteiger partial charge in [-0.15, -0.1) is 0 Å². The first-order valence-electron chi connectivity index (χ1n) is 5.35. The first kappa shape index (κ1) is 14.1. The van der Waals surface area contributed by atoms with Crippen LogP contribution in [0.1, 0.15) is 10.4 Å². The summed E-state index contributed by atoms with van der Waals surface area (Å²) < 4.78 is 10.9. The van der Waals surface area contributed by atoms with E-state index in [2.05, 4.69) is 25.9 Å². The molecule has 0 radical (unpaired) electrons. The van der Waals surface area contributed by atoms with Crippen molar-refractivity contribution in [3.63, 3.8) is 0 Å². The van der Waals surface area contributed by atoms with Crippen molar-refractivity contribution >= 4 is 21.9 Å². The maximum absolute atomic E-state index is 11.5. The van der Waals surface area contributed by atoms with Crippen molar-refractivity contribution in [2.24, 2.45) is 0 Å². The number of ether oxygens (including phenoxy) is 2. The topological polar surface area (TPSA) is 102 Å². The Bertz CT molecular complexity index is 713. The molecule has 1 aromatic heterocycles. The molecule has 0 aliphatic carbocycles. The molecule has 0 bridgehead atoms. The summed E-state index contributed by atoms with van der Waals surface area (Å²) in [7, 11) is 1.31. The molecule has 0 amide bonds. The number of methoxy groups -OCH3 is 1. The van der Waals surface area contributed by atoms with Crippen LogP contribution in [0.3, 0.4) is 0 Å². The zero-order valence-corrected chi connectivity index (χ0v) is 11.8. The lowest BCUT2D eigenvalue weighted by Crippen LogP contribution is -2.11. The van der Waals surface area contributed by atoms with Crippen molar-refractivity contribution in [3.8, 4) is 17.4 Å². The number of carbonyl (C=O) groups is 1. The summed E-state index contributed by atoms with van der Waals surface area (Å²) in [6.45, 7) is 0. The van der Waals surface area contributed by atoms with Gasteiger partial charge in [-0.3, -0.25) is 4.79 Å². The van der Waals surface area contributed by atoms with Gasteiger partial charge in [-0.25, -0.2) is 9.78 Å². The predicted molar refractivity (Wildman–Crippen MR) is 72.6 cm³/mol. The van der Waals surface area contributed by atoms with Crippen LogP contribution in [-0.2, 0) is 0 Å². The third-order valence-corrected chi connectivity index (χ3v) is 3.02. The van der Waals surface area contributed by atoms with Crippen molar-refractivity contribution in [1.29, 1.82) is 0 Å². The number of rotatable bonds is 4. The molecule has 2 rings (SSSR count). The second kappa shape index (κ2) is 5.74. The highest BCUT2D eigenvalue weighted by atomic mass is 79.9. The molecule has 0 aliphatic rings. The fraction of sp³-hybridized carbons (Fsp3) is 0.0833. The van der Waals surface area contributed by atoms with Gasteiger partial charge in [0.2, 0.25) is 5.75 Å². The number of nitrogens with one attached hydrogen (secondary N) is 1. The van der Waals surface area contributed by atoms with Gasteiger partial charge in [-0.05, 0) is 34.1 Å². The molecule has 0 unspecified atom stereocenters. The minimum absolute atomic E-state index is 0.0482. The van der Waals surface area contributed by atoms with Gasteiger partial charge in [0.1, 0.15) is 5.75 Å². The molecule has 7 nitrogen and oxygen atoms in total. The Morgan fingerprint density at radius 2 is 2.20 bits per heavy atom. The molecular weight excluding hydrogens is 332 g/mol. The third kappa shape index (κ3) is 2.80. The predicted octanol–water partition coefficient (Wildman–Crippen LogP) is 2.03. The van der Waals surface area contributed by atoms with Gasteiger partial charge in [0.05, 0.1) is 23.5 Å². The van der Waals surface area contributed by atoms with E-state index < -0.39 is 11.5 Å². The Kier molecular flexibility index (Phi) is 4.04. The Balaban J connectivity index is 2.44. The average molecular weight is 341 g/mol. The summed E-state index contributed by atoms with van der Waals surface area (Å²) in [4.78, 5) is 28.6. The molecule has 2 aromatic rings. The number of aromatic nitrogens is 2. The van der Waals surface area contributed by atoms with Crippen LogP contribution in [-0.4, -0.2) is 28.2 Å². The second-order valence-electron chi connectivity index (χ2n) is 3.62. The highest BCUT2D eigenvalue weighted by Crippen LogP contribution is 2.32. The summed E-state index contributed by atoms with van der Waals surface area (Å²) in [5.74, 6) is -1.03. The van der Waals surface area contributed by atoms with Crippen LogP contribution in [0.15, 0.2) is 33.8 Å². The number of carboxylic acid groups (broad SMARTS) is 1. The van der Waals surface area contributed by atoms with Crippen LogP contribution in [0.25, 0.3) is 0 Å². The molecule has 8 heteroatoms. The molecule has 0 saturated heterocycles. The Hall–Kier alpha value is -2.35. The van der Waals surface area contributed by atoms with Gasteiger partial charge >= 0.3 is 5.97 Å². The number of carboxylic acids is 1. The van der Waals surface area contributed by atoms with Crippen molar-refractivity contribution in [3.05, 3.63) is 44.9 Å². The number of aromatic amines is 1. The molecule has 2 N–H and O–H groups in total. The molecule has 0 aliphatic heterocycles. The molecule has 0 fully saturated rings. The lowest BCUT2D eigenvalue weighted by molar-refractivity contribution is 0.0696. The molecule has 0 atom stereocenters. The number of benzene rings is 1. The van der Waals surface area contributed by atoms with Crippen LogP contribution in [0.4, 0.5) is 0 Å². The molecule has 20 heavy (non-hydrogen) atoms. The van der Waals surface area contributed by atoms with E-state index in [4.69, 9.17) is 14.6 Å². The van der Waals surface area contributed by atoms with Crippen molar-refractivity contribution in [1.82, 2.24) is 9.97 Å². The summed E-state index contributed by atoms with van der Waals surface area (Å²) in [6, 6.07) is 4.26. The molecular formula is C12H9BrN2O5. The van der Waals surface area contributed by atoms with Crippen LogP contribution in [0, 0.1) is 0 Å². The number of nitrogens with zero attached hydrogens (tertiary/aromatic N) is 1. The van der Waals surface area contributed by atoms with Gasteiger partial charge in [0, 0.05) is 0 Å². The fourth-order valence-electron chi connectivity index (χ4n) is 1.44. The molecule has 1 aromatic carbocycles. The van der Waals surface area contributed by atoms with Gasteiger partial charge in [0.25, 0.3) is 11.4 Å². The monoisotopic (exact) mass is 340 g/mol. The van der Waals surface area contributed by atoms with Gasteiger partial charge in [-0.2, -0.15) is 0 Å². The smallest absolute Gasteiger partial charge is 0.335 e. The van der Waals surface area contributed by atoms with E-state index >= 15 is 0 Å². The van der Waals surface area contributed by atoms with E-state index in [1.54, 1.807) is 0 Å². The quantitative estimate of drug-likeness (QED) is 0.882. The van der Waals surface area contributed by atoms with E-state index in [1.165, 1.54) is 25.3 Å². The minimum Gasteiger partial charge on any atom is -0.487 e. The molecule has 104 valence electrons. The Morgan fingerprint density at radius 3 is 2.85 bits per heavy atom. The molecule has 0 saturated carbocycles. The van der Waals surface area contributed by atoms with Crippen molar-refractivity contribution < 1.29 is 19.4 Å². The summed E-state index contributed by atoms with van der Waals surface area (Å²) in [6.07, 6.45) is 1.16. The van der Waals surface area contributed by atoms with Gasteiger partial charge in [-0.1, -0.05) is 0 Å². The number of halogens is 1. The second-order valence-corrected chi connectivity index (χ2v) is 4.48. The molecule has 0 spiro atoms. The van der Waals surface area contributed by atoms with Crippen LogP contribution < -0.4 is 15.0 Å². The van der Waals surface area contributed by atoms with Crippen LogP contribution in [0.5, 0.6) is 17.4 Å². The average Bonchev–Trinajstić information content (AvgIpc) is 2.41. The summed E-state index contributed by atoms with van der Waals surface area (Å²) in [5, 5.41) is 8.94. The Morgan fingerprint density at radius 1 is 1.45 bits per heavy atom. The third-order valence-electron chi connectivity index (χ3n) is 2.37. The first-order chi connectivity index (χ1) is 9.52. The standard InChI is InChI=1S/C12H9BrN2O5/c1-19-9-10(16)14-5-15-11(9)20-8-4-6(12(17)18)2-3-7(8)13/h2-5H,1H3,(H,17,18)(H,14,15,16). The normalized spacial score (nSPS) is 10.1. The van der Waals surface area contributed by atoms with Crippen molar-refractivity contribution in [2.45, 2.75) is 0 Å². The zero-order chi connectivity index (χ0) is 14.7. The van der Waals surface area contributed by atoms with Crippen LogP contribution in [0.2, 0.25) is 0 Å². The highest BCUT2D eigenvalue weighted by Gasteiger charge is 2.14. The van der Waals surface area contributed by atoms with E-state index in [0.29, 0.717) is 4.47 Å². The Labute approximate surface area is 121 Å². The SMILES string of the molecule is COc1c(Oc2cc(C(=O)O)ccc2Br)nc[nH]c1=O. The maximum Gasteiger partial charge on any atom is 0.335 e. The van der Waals surface area contributed by atoms with Gasteiger partial charge in [0.15, 0.2) is 0 Å². The van der Waals surface area contributed by atoms with E-state index in [9.17, 15) is 9.59 Å². The first-order valence-corrected chi connectivity index (χ1v) is 6.14. The lowest BCUT2D eigenvalue weighted by Gasteiger charge is -2.09. The zero-order valence-electron chi connectivity index (χ0n) is 10.2. The van der Waals surface area contributed by atoms with Crippen molar-refractivity contribution in [2.75, 3.05) is 7.11 Å². The number of hydrogen-bond donors (Lipinski definition) is 2. The van der Waals surface area contributed by atoms with Crippen LogP contribution >= 0.6 is 15.9 Å². The van der Waals surface area contributed by atoms with E-state index in [-0.39, 0.29) is 22.9 Å². The summed E-state index contributed by atoms with van der Waals surface area (Å²) >= 11 is 3.23. The number of hydrogen-bond acceptors (Lipinski definition) is 5. The van der Waals surface area contributed by atoms with E-state index in [0.717, 1.165) is 6.33 Å². The number of aromatic carboxylic acids is 1. The maximum atomic E-state index is 11.5. The van der Waals surface area contributed by atoms with E-state index in [1.807, 2.05) is 0 Å². The summed E-state index contributed by atoms with van der Waals surface area (Å²) in [5.41, 5.74) is -0.449.